The molecule has 2 rings (SSSR count). The summed E-state index contributed by atoms with van der Waals surface area (Å²) >= 11 is 14.8. The lowest BCUT2D eigenvalue weighted by Crippen LogP contribution is -1.88. The molecule has 1 aromatic carbocycles. The van der Waals surface area contributed by atoms with Gasteiger partial charge < -0.3 is 0 Å². The summed E-state index contributed by atoms with van der Waals surface area (Å²) in [5.41, 5.74) is 1.28. The van der Waals surface area contributed by atoms with Gasteiger partial charge in [-0.15, -0.1) is 11.3 Å². The maximum Gasteiger partial charge on any atom is 0.0843 e. The van der Waals surface area contributed by atoms with Gasteiger partial charge in [0.1, 0.15) is 0 Å². The van der Waals surface area contributed by atoms with Gasteiger partial charge in [-0.3, -0.25) is 0 Å². The average molecular weight is 537 g/mol. The molecule has 5 heteroatoms. The summed E-state index contributed by atoms with van der Waals surface area (Å²) in [5, 5.41) is 0. The van der Waals surface area contributed by atoms with Gasteiger partial charge in [-0.1, -0.05) is 28.1 Å². The number of benzene rings is 1. The van der Waals surface area contributed by atoms with E-state index in [0.29, 0.717) is 0 Å². The molecule has 0 amide bonds. The first kappa shape index (κ1) is 13.5. The van der Waals surface area contributed by atoms with Gasteiger partial charge >= 0.3 is 0 Å². The van der Waals surface area contributed by atoms with E-state index in [2.05, 4.69) is 101 Å². The fourth-order valence-corrected chi connectivity index (χ4v) is 4.46. The third-order valence-corrected chi connectivity index (χ3v) is 7.44. The molecule has 0 aliphatic carbocycles. The summed E-state index contributed by atoms with van der Waals surface area (Å²) in [4.78, 5) is 1.55. The second-order valence-electron chi connectivity index (χ2n) is 3.18. The molecule has 0 bridgehead atoms. The van der Waals surface area contributed by atoms with E-state index >= 15 is 0 Å². The van der Waals surface area contributed by atoms with E-state index in [1.165, 1.54) is 14.0 Å². The Morgan fingerprint density at radius 3 is 2.25 bits per heavy atom. The molecule has 84 valence electrons. The molecular weight excluding hydrogens is 531 g/mol. The molecule has 1 atom stereocenters. The largest absolute Gasteiger partial charge is 0.131 e. The summed E-state index contributed by atoms with van der Waals surface area (Å²) in [6, 6.07) is 10.7. The zero-order valence-corrected chi connectivity index (χ0v) is 15.6. The van der Waals surface area contributed by atoms with Crippen molar-refractivity contribution < 1.29 is 0 Å². The first-order valence-electron chi connectivity index (χ1n) is 4.42. The number of halogens is 4. The second-order valence-corrected chi connectivity index (χ2v) is 8.60. The van der Waals surface area contributed by atoms with E-state index in [0.717, 1.165) is 8.26 Å². The molecule has 1 heterocycles. The third kappa shape index (κ3) is 3.10. The Kier molecular flexibility index (Phi) is 4.92. The number of hydrogen-bond acceptors (Lipinski definition) is 1. The summed E-state index contributed by atoms with van der Waals surface area (Å²) in [6.45, 7) is 0. The first-order valence-corrected chi connectivity index (χ1v) is 8.82. The molecule has 0 saturated carbocycles. The highest BCUT2D eigenvalue weighted by Crippen LogP contribution is 2.41. The lowest BCUT2D eigenvalue weighted by atomic mass is 10.1. The normalized spacial score (nSPS) is 12.8. The van der Waals surface area contributed by atoms with Gasteiger partial charge in [0.2, 0.25) is 0 Å². The van der Waals surface area contributed by atoms with E-state index in [1.54, 1.807) is 11.3 Å². The van der Waals surface area contributed by atoms with Crippen LogP contribution in [0.15, 0.2) is 38.6 Å². The van der Waals surface area contributed by atoms with Crippen LogP contribution in [0.25, 0.3) is 0 Å². The van der Waals surface area contributed by atoms with Crippen LogP contribution in [0.3, 0.4) is 0 Å². The molecule has 1 aromatic heterocycles. The predicted octanol–water partition coefficient (Wildman–Crippen LogP) is 6.36. The molecule has 0 saturated heterocycles. The number of rotatable bonds is 2. The lowest BCUT2D eigenvalue weighted by Gasteiger charge is -2.07. The van der Waals surface area contributed by atoms with Crippen molar-refractivity contribution in [3.8, 4) is 0 Å². The Labute approximate surface area is 137 Å². The summed E-state index contributed by atoms with van der Waals surface area (Å²) < 4.78 is 3.51. The quantitative estimate of drug-likeness (QED) is 0.309. The smallest absolute Gasteiger partial charge is 0.0843 e. The van der Waals surface area contributed by atoms with Crippen molar-refractivity contribution in [1.29, 1.82) is 0 Å². The van der Waals surface area contributed by atoms with Crippen LogP contribution in [0.1, 0.15) is 15.3 Å². The molecule has 0 aliphatic rings. The number of hydrogen-bond donors (Lipinski definition) is 0. The average Bonchev–Trinajstić information content (AvgIpc) is 2.59. The predicted molar refractivity (Wildman–Crippen MR) is 89.6 cm³/mol. The topological polar surface area (TPSA) is 0 Å². The van der Waals surface area contributed by atoms with Crippen LogP contribution in [0, 0.1) is 3.57 Å². The molecule has 0 aliphatic heterocycles. The molecule has 16 heavy (non-hydrogen) atoms. The standard InChI is InChI=1S/C11H6Br3IS/c12-8-5-9(16-11(8)14)10(13)6-1-3-7(15)4-2-6/h1-5,10H. The molecule has 1 unspecified atom stereocenters. The van der Waals surface area contributed by atoms with E-state index < -0.39 is 0 Å². The van der Waals surface area contributed by atoms with Crippen molar-refractivity contribution in [1.82, 2.24) is 0 Å². The lowest BCUT2D eigenvalue weighted by molar-refractivity contribution is 1.22. The molecule has 0 nitrogen and oxygen atoms in total. The van der Waals surface area contributed by atoms with E-state index in [9.17, 15) is 0 Å². The second kappa shape index (κ2) is 5.82. The van der Waals surface area contributed by atoms with Crippen molar-refractivity contribution in [2.45, 2.75) is 4.83 Å². The monoisotopic (exact) mass is 534 g/mol. The molecule has 0 radical (unpaired) electrons. The van der Waals surface area contributed by atoms with Gasteiger partial charge in [-0.25, -0.2) is 0 Å². The van der Waals surface area contributed by atoms with Crippen molar-refractivity contribution in [2.75, 3.05) is 0 Å². The van der Waals surface area contributed by atoms with Crippen LogP contribution in [-0.2, 0) is 0 Å². The maximum atomic E-state index is 3.73. The summed E-state index contributed by atoms with van der Waals surface area (Å²) in [5.74, 6) is 0. The summed E-state index contributed by atoms with van der Waals surface area (Å²) in [7, 11) is 0. The minimum absolute atomic E-state index is 0.261. The Hall–Kier alpha value is 1.09. The Morgan fingerprint density at radius 2 is 1.75 bits per heavy atom. The molecule has 0 spiro atoms. The number of thiophene rings is 1. The number of alkyl halides is 1. The van der Waals surface area contributed by atoms with Crippen molar-refractivity contribution in [3.63, 3.8) is 0 Å². The molecule has 0 fully saturated rings. The fourth-order valence-electron chi connectivity index (χ4n) is 1.28. The van der Waals surface area contributed by atoms with Gasteiger partial charge in [0, 0.05) is 12.9 Å². The van der Waals surface area contributed by atoms with Gasteiger partial charge in [-0.05, 0) is 78.2 Å². The van der Waals surface area contributed by atoms with Gasteiger partial charge in [0.15, 0.2) is 0 Å². The van der Waals surface area contributed by atoms with Crippen LogP contribution in [0.4, 0.5) is 0 Å². The molecule has 0 N–H and O–H groups in total. The van der Waals surface area contributed by atoms with E-state index in [1.807, 2.05) is 0 Å². The van der Waals surface area contributed by atoms with Crippen LogP contribution in [-0.4, -0.2) is 0 Å². The minimum Gasteiger partial charge on any atom is -0.131 e. The van der Waals surface area contributed by atoms with Crippen LogP contribution in [0.5, 0.6) is 0 Å². The Morgan fingerprint density at radius 1 is 1.12 bits per heavy atom. The molecule has 2 aromatic rings. The van der Waals surface area contributed by atoms with E-state index in [-0.39, 0.29) is 4.83 Å². The highest BCUT2D eigenvalue weighted by Gasteiger charge is 2.14. The zero-order chi connectivity index (χ0) is 11.7. The van der Waals surface area contributed by atoms with Crippen LogP contribution in [0.2, 0.25) is 0 Å². The zero-order valence-electron chi connectivity index (χ0n) is 7.88. The fraction of sp³-hybridized carbons (Fsp3) is 0.0909. The SMILES string of the molecule is Brc1cc(C(Br)c2ccc(I)cc2)sc1Br. The highest BCUT2D eigenvalue weighted by molar-refractivity contribution is 14.1. The van der Waals surface area contributed by atoms with Gasteiger partial charge in [-0.2, -0.15) is 0 Å². The highest BCUT2D eigenvalue weighted by atomic mass is 127. The summed E-state index contributed by atoms with van der Waals surface area (Å²) in [6.07, 6.45) is 0. The third-order valence-electron chi connectivity index (χ3n) is 2.08. The van der Waals surface area contributed by atoms with Crippen LogP contribution >= 0.6 is 81.7 Å². The van der Waals surface area contributed by atoms with Crippen molar-refractivity contribution in [3.05, 3.63) is 52.6 Å². The Bertz CT molecular complexity index is 473. The van der Waals surface area contributed by atoms with E-state index in [4.69, 9.17) is 0 Å². The first-order chi connectivity index (χ1) is 7.58. The van der Waals surface area contributed by atoms with Crippen molar-refractivity contribution in [2.24, 2.45) is 0 Å². The van der Waals surface area contributed by atoms with Crippen molar-refractivity contribution >= 4 is 81.7 Å². The maximum absolute atomic E-state index is 3.73. The van der Waals surface area contributed by atoms with Gasteiger partial charge in [0.05, 0.1) is 8.61 Å². The van der Waals surface area contributed by atoms with Crippen LogP contribution < -0.4 is 0 Å². The Balaban J connectivity index is 2.31. The van der Waals surface area contributed by atoms with Gasteiger partial charge in [0.25, 0.3) is 0 Å². The molecular formula is C11H6Br3IS. The minimum atomic E-state index is 0.261.